The zero-order valence-corrected chi connectivity index (χ0v) is 17.7. The summed E-state index contributed by atoms with van der Waals surface area (Å²) in [5.41, 5.74) is 1.77. The molecule has 0 radical (unpaired) electrons. The van der Waals surface area contributed by atoms with Crippen LogP contribution in [0.4, 0.5) is 4.39 Å². The number of halogens is 3. The van der Waals surface area contributed by atoms with Gasteiger partial charge in [0.25, 0.3) is 0 Å². The van der Waals surface area contributed by atoms with Crippen molar-refractivity contribution in [3.05, 3.63) is 93.4 Å². The molecule has 2 aromatic rings. The molecule has 1 atom stereocenters. The molecule has 0 fully saturated rings. The van der Waals surface area contributed by atoms with Gasteiger partial charge in [0.2, 0.25) is 5.91 Å². The first-order valence-electron chi connectivity index (χ1n) is 9.13. The van der Waals surface area contributed by atoms with Crippen molar-refractivity contribution >= 4 is 35.3 Å². The van der Waals surface area contributed by atoms with Gasteiger partial charge in [-0.15, -0.1) is 0 Å². The van der Waals surface area contributed by atoms with Crippen molar-refractivity contribution in [3.8, 4) is 0 Å². The first-order chi connectivity index (χ1) is 13.8. The molecule has 2 aromatic carbocycles. The monoisotopic (exact) mass is 430 g/mol. The molecule has 29 heavy (non-hydrogen) atoms. The molecule has 0 N–H and O–H groups in total. The molecule has 1 aliphatic rings. The average molecular weight is 431 g/mol. The number of hydrogen-bond donors (Lipinski definition) is 0. The number of carbonyl (C=O) groups excluding carboxylic acids is 1. The van der Waals surface area contributed by atoms with E-state index in [1.54, 1.807) is 48.6 Å². The van der Waals surface area contributed by atoms with Gasteiger partial charge in [-0.1, -0.05) is 41.4 Å². The van der Waals surface area contributed by atoms with Crippen molar-refractivity contribution in [1.82, 2.24) is 4.90 Å². The summed E-state index contributed by atoms with van der Waals surface area (Å²) in [6, 6.07) is 9.86. The van der Waals surface area contributed by atoms with Gasteiger partial charge in [0.05, 0.1) is 0 Å². The number of nitrogens with zero attached hydrogens (tertiary/aromatic N) is 2. The SMILES string of the molecule is Cc1cc(F)ccc1C1(CC(=O)N(C)Cc2cc(Cl)cc(Cl)c2)C=CC=NC=C1. The molecule has 6 heteroatoms. The first kappa shape index (κ1) is 21.3. The third-order valence-corrected chi connectivity index (χ3v) is 5.36. The van der Waals surface area contributed by atoms with E-state index in [1.807, 2.05) is 25.2 Å². The Hall–Kier alpha value is -2.43. The minimum atomic E-state index is -0.717. The summed E-state index contributed by atoms with van der Waals surface area (Å²) < 4.78 is 13.7. The highest BCUT2D eigenvalue weighted by molar-refractivity contribution is 6.34. The van der Waals surface area contributed by atoms with Crippen molar-refractivity contribution in [1.29, 1.82) is 0 Å². The zero-order valence-electron chi connectivity index (χ0n) is 16.2. The summed E-state index contributed by atoms with van der Waals surface area (Å²) in [7, 11) is 1.74. The second kappa shape index (κ2) is 8.93. The number of hydrogen-bond acceptors (Lipinski definition) is 2. The summed E-state index contributed by atoms with van der Waals surface area (Å²) in [5.74, 6) is -0.374. The third kappa shape index (κ3) is 5.14. The predicted octanol–water partition coefficient (Wildman–Crippen LogP) is 5.88. The Kier molecular flexibility index (Phi) is 6.56. The van der Waals surface area contributed by atoms with E-state index >= 15 is 0 Å². The van der Waals surface area contributed by atoms with E-state index in [1.165, 1.54) is 12.1 Å². The van der Waals surface area contributed by atoms with Gasteiger partial charge < -0.3 is 4.90 Å². The Morgan fingerprint density at radius 3 is 2.55 bits per heavy atom. The van der Waals surface area contributed by atoms with Gasteiger partial charge in [-0.3, -0.25) is 9.79 Å². The number of carbonyl (C=O) groups is 1. The zero-order chi connectivity index (χ0) is 21.0. The average Bonchev–Trinajstić information content (AvgIpc) is 2.87. The summed E-state index contributed by atoms with van der Waals surface area (Å²) in [4.78, 5) is 18.9. The van der Waals surface area contributed by atoms with Crippen LogP contribution in [0.1, 0.15) is 23.1 Å². The van der Waals surface area contributed by atoms with Crippen molar-refractivity contribution in [2.75, 3.05) is 7.05 Å². The summed E-state index contributed by atoms with van der Waals surface area (Å²) in [6.07, 6.45) is 9.15. The summed E-state index contributed by atoms with van der Waals surface area (Å²) in [6.45, 7) is 2.22. The van der Waals surface area contributed by atoms with Crippen molar-refractivity contribution in [2.45, 2.75) is 25.3 Å². The fraction of sp³-hybridized carbons (Fsp3) is 0.217. The van der Waals surface area contributed by atoms with Gasteiger partial charge in [0.15, 0.2) is 0 Å². The van der Waals surface area contributed by atoms with E-state index in [0.29, 0.717) is 16.6 Å². The predicted molar refractivity (Wildman–Crippen MR) is 117 cm³/mol. The molecular formula is C23H21Cl2FN2O. The lowest BCUT2D eigenvalue weighted by molar-refractivity contribution is -0.131. The molecule has 0 saturated carbocycles. The van der Waals surface area contributed by atoms with E-state index in [0.717, 1.165) is 16.7 Å². The molecule has 0 bridgehead atoms. The van der Waals surface area contributed by atoms with Crippen LogP contribution < -0.4 is 0 Å². The summed E-state index contributed by atoms with van der Waals surface area (Å²) in [5, 5.41) is 1.05. The molecule has 150 valence electrons. The Morgan fingerprint density at radius 2 is 1.86 bits per heavy atom. The number of aliphatic imine (C=N–C) groups is 1. The topological polar surface area (TPSA) is 32.7 Å². The molecule has 3 rings (SSSR count). The maximum absolute atomic E-state index is 13.7. The van der Waals surface area contributed by atoms with Gasteiger partial charge in [0, 0.05) is 47.9 Å². The normalized spacial score (nSPS) is 18.0. The van der Waals surface area contributed by atoms with Crippen molar-refractivity contribution in [3.63, 3.8) is 0 Å². The maximum atomic E-state index is 13.7. The Morgan fingerprint density at radius 1 is 1.14 bits per heavy atom. The quantitative estimate of drug-likeness (QED) is 0.582. The fourth-order valence-electron chi connectivity index (χ4n) is 3.54. The minimum Gasteiger partial charge on any atom is -0.341 e. The van der Waals surface area contributed by atoms with Gasteiger partial charge in [-0.25, -0.2) is 4.39 Å². The number of amides is 1. The molecule has 1 unspecified atom stereocenters. The van der Waals surface area contributed by atoms with E-state index < -0.39 is 5.41 Å². The molecule has 0 aliphatic carbocycles. The van der Waals surface area contributed by atoms with Crippen LogP contribution in [0.3, 0.4) is 0 Å². The van der Waals surface area contributed by atoms with Crippen LogP contribution in [-0.2, 0) is 16.8 Å². The Labute approximate surface area is 180 Å². The lowest BCUT2D eigenvalue weighted by atomic mass is 9.75. The maximum Gasteiger partial charge on any atom is 0.224 e. The number of aryl methyl sites for hydroxylation is 1. The molecule has 3 nitrogen and oxygen atoms in total. The third-order valence-electron chi connectivity index (χ3n) is 4.93. The minimum absolute atomic E-state index is 0.0685. The van der Waals surface area contributed by atoms with Gasteiger partial charge in [0.1, 0.15) is 5.82 Å². The van der Waals surface area contributed by atoms with Crippen LogP contribution in [-0.4, -0.2) is 24.1 Å². The van der Waals surface area contributed by atoms with Crippen LogP contribution >= 0.6 is 23.2 Å². The molecular weight excluding hydrogens is 410 g/mol. The van der Waals surface area contributed by atoms with E-state index in [9.17, 15) is 9.18 Å². The van der Waals surface area contributed by atoms with E-state index in [2.05, 4.69) is 4.99 Å². The fourth-order valence-corrected chi connectivity index (χ4v) is 4.11. The van der Waals surface area contributed by atoms with Crippen LogP contribution in [0.5, 0.6) is 0 Å². The molecule has 0 aromatic heterocycles. The van der Waals surface area contributed by atoms with Crippen LogP contribution in [0.15, 0.2) is 65.8 Å². The van der Waals surface area contributed by atoms with E-state index in [4.69, 9.17) is 23.2 Å². The van der Waals surface area contributed by atoms with Gasteiger partial charge in [-0.05, 0) is 60.0 Å². The van der Waals surface area contributed by atoms with Gasteiger partial charge in [-0.2, -0.15) is 0 Å². The van der Waals surface area contributed by atoms with Crippen molar-refractivity contribution in [2.24, 2.45) is 4.99 Å². The highest BCUT2D eigenvalue weighted by atomic mass is 35.5. The smallest absolute Gasteiger partial charge is 0.224 e. The lowest BCUT2D eigenvalue weighted by Gasteiger charge is -2.31. The Balaban J connectivity index is 1.88. The van der Waals surface area contributed by atoms with Crippen LogP contribution in [0.2, 0.25) is 10.0 Å². The number of allylic oxidation sites excluding steroid dienone is 3. The molecule has 1 aliphatic heterocycles. The highest BCUT2D eigenvalue weighted by Gasteiger charge is 2.33. The standard InChI is InChI=1S/C23H21Cl2FN2O/c1-16-10-20(26)4-5-21(16)23(6-3-8-27-9-7-23)14-22(29)28(2)15-17-11-18(24)13-19(25)12-17/h3-13H,14-15H2,1-2H3. The van der Waals surface area contributed by atoms with Gasteiger partial charge >= 0.3 is 0 Å². The van der Waals surface area contributed by atoms with Crippen LogP contribution in [0.25, 0.3) is 0 Å². The Bertz CT molecular complexity index is 978. The highest BCUT2D eigenvalue weighted by Crippen LogP contribution is 2.36. The molecule has 1 amide bonds. The van der Waals surface area contributed by atoms with Crippen molar-refractivity contribution < 1.29 is 9.18 Å². The number of rotatable bonds is 5. The second-order valence-corrected chi connectivity index (χ2v) is 8.05. The first-order valence-corrected chi connectivity index (χ1v) is 9.89. The largest absolute Gasteiger partial charge is 0.341 e. The number of benzene rings is 2. The lowest BCUT2D eigenvalue weighted by Crippen LogP contribution is -2.34. The summed E-state index contributed by atoms with van der Waals surface area (Å²) >= 11 is 12.1. The molecule has 1 heterocycles. The van der Waals surface area contributed by atoms with E-state index in [-0.39, 0.29) is 18.1 Å². The second-order valence-electron chi connectivity index (χ2n) is 7.18. The molecule has 0 spiro atoms. The van der Waals surface area contributed by atoms with Crippen LogP contribution in [0, 0.1) is 12.7 Å². The molecule has 0 saturated heterocycles.